The van der Waals surface area contributed by atoms with Crippen molar-refractivity contribution in [1.29, 1.82) is 0 Å². The fourth-order valence-electron chi connectivity index (χ4n) is 9.11. The van der Waals surface area contributed by atoms with E-state index in [1.54, 1.807) is 0 Å². The average Bonchev–Trinajstić information content (AvgIpc) is 3.70. The highest BCUT2D eigenvalue weighted by molar-refractivity contribution is 5.98. The second-order valence-corrected chi connectivity index (χ2v) is 12.7. The number of carbonyl (C=O) groups excluding carboxylic acids is 2. The zero-order valence-electron chi connectivity index (χ0n) is 21.7. The number of benzene rings is 1. The van der Waals surface area contributed by atoms with E-state index in [-0.39, 0.29) is 11.8 Å². The summed E-state index contributed by atoms with van der Waals surface area (Å²) in [5.41, 5.74) is 1.47. The lowest BCUT2D eigenvalue weighted by molar-refractivity contribution is 0.0424. The van der Waals surface area contributed by atoms with Gasteiger partial charge in [0.2, 0.25) is 0 Å². The molecule has 6 heteroatoms. The van der Waals surface area contributed by atoms with Crippen LogP contribution >= 0.6 is 0 Å². The molecule has 36 heavy (non-hydrogen) atoms. The average molecular weight is 491 g/mol. The largest absolute Gasteiger partial charge is 0.338 e. The maximum absolute atomic E-state index is 13.4. The number of hydrogen-bond acceptors (Lipinski definition) is 4. The van der Waals surface area contributed by atoms with E-state index in [4.69, 9.17) is 0 Å². The van der Waals surface area contributed by atoms with Gasteiger partial charge in [0.1, 0.15) is 0 Å². The molecule has 4 heterocycles. The number of likely N-dealkylation sites (tertiary alicyclic amines) is 4. The van der Waals surface area contributed by atoms with Crippen LogP contribution in [0.2, 0.25) is 0 Å². The molecule has 6 atom stereocenters. The first-order valence-electron chi connectivity index (χ1n) is 14.8. The standard InChI is InChI=1S/C30H42N4O2/c35-29(33-17-23-9-10-24(18-33)27(23)31-13-1-2-14-31)21-5-7-22(8-6-21)30(36)34-19-25-11-12-26(20-34)28(25)32-15-3-4-16-32/h5-8,23-28H,1-4,9-20H2/t23-,24+,25-,26+,27?,28?. The van der Waals surface area contributed by atoms with E-state index in [0.29, 0.717) is 35.8 Å². The highest BCUT2D eigenvalue weighted by atomic mass is 16.2. The molecule has 4 bridgehead atoms. The molecule has 0 spiro atoms. The smallest absolute Gasteiger partial charge is 0.253 e. The number of nitrogens with zero attached hydrogens (tertiary/aromatic N) is 4. The van der Waals surface area contributed by atoms with Crippen LogP contribution in [0.25, 0.3) is 0 Å². The Bertz CT molecular complexity index is 876. The molecular formula is C30H42N4O2. The van der Waals surface area contributed by atoms with Gasteiger partial charge in [-0.15, -0.1) is 0 Å². The van der Waals surface area contributed by atoms with E-state index in [9.17, 15) is 9.59 Å². The van der Waals surface area contributed by atoms with Gasteiger partial charge in [0.15, 0.2) is 0 Å². The molecule has 4 saturated heterocycles. The first-order chi connectivity index (χ1) is 17.7. The van der Waals surface area contributed by atoms with Gasteiger partial charge in [-0.25, -0.2) is 0 Å². The number of hydrogen-bond donors (Lipinski definition) is 0. The topological polar surface area (TPSA) is 47.1 Å². The SMILES string of the molecule is O=C(c1ccc(C(=O)N2C[C@H]3CC[C@@H](C2)C3N2CCCC2)cc1)N1C[C@H]2CC[C@@H](C1)C2N1CCCC1. The van der Waals surface area contributed by atoms with E-state index < -0.39 is 0 Å². The number of fused-ring (bicyclic) bond motifs is 4. The normalized spacial score (nSPS) is 36.7. The summed E-state index contributed by atoms with van der Waals surface area (Å²) in [6, 6.07) is 8.99. The van der Waals surface area contributed by atoms with Crippen molar-refractivity contribution in [2.75, 3.05) is 52.4 Å². The van der Waals surface area contributed by atoms with Crippen LogP contribution in [0.1, 0.15) is 72.1 Å². The molecule has 4 aliphatic heterocycles. The summed E-state index contributed by atoms with van der Waals surface area (Å²) < 4.78 is 0. The van der Waals surface area contributed by atoms with Gasteiger partial charge < -0.3 is 9.80 Å². The fraction of sp³-hybridized carbons (Fsp3) is 0.733. The lowest BCUT2D eigenvalue weighted by atomic mass is 9.90. The van der Waals surface area contributed by atoms with Crippen LogP contribution in [0.15, 0.2) is 24.3 Å². The minimum atomic E-state index is 0.148. The minimum absolute atomic E-state index is 0.148. The summed E-state index contributed by atoms with van der Waals surface area (Å²) in [5.74, 6) is 2.82. The molecule has 6 fully saturated rings. The lowest BCUT2D eigenvalue weighted by Crippen LogP contribution is -2.53. The van der Waals surface area contributed by atoms with Crippen LogP contribution in [-0.4, -0.2) is 95.9 Å². The van der Waals surface area contributed by atoms with Crippen LogP contribution in [0, 0.1) is 23.7 Å². The number of carbonyl (C=O) groups is 2. The van der Waals surface area contributed by atoms with Crippen molar-refractivity contribution >= 4 is 11.8 Å². The molecule has 0 aromatic heterocycles. The zero-order valence-corrected chi connectivity index (χ0v) is 21.7. The van der Waals surface area contributed by atoms with Crippen LogP contribution in [0.4, 0.5) is 0 Å². The molecule has 194 valence electrons. The summed E-state index contributed by atoms with van der Waals surface area (Å²) >= 11 is 0. The van der Waals surface area contributed by atoms with E-state index in [0.717, 1.165) is 37.3 Å². The van der Waals surface area contributed by atoms with Crippen molar-refractivity contribution in [3.05, 3.63) is 35.4 Å². The molecule has 7 rings (SSSR count). The van der Waals surface area contributed by atoms with E-state index in [1.807, 2.05) is 24.3 Å². The maximum Gasteiger partial charge on any atom is 0.253 e. The van der Waals surface area contributed by atoms with Gasteiger partial charge in [0.05, 0.1) is 0 Å². The Morgan fingerprint density at radius 2 is 0.833 bits per heavy atom. The molecular weight excluding hydrogens is 448 g/mol. The molecule has 2 unspecified atom stereocenters. The summed E-state index contributed by atoms with van der Waals surface area (Å²) in [6.07, 6.45) is 10.4. The lowest BCUT2D eigenvalue weighted by Gasteiger charge is -2.42. The van der Waals surface area contributed by atoms with Crippen molar-refractivity contribution in [3.8, 4) is 0 Å². The van der Waals surface area contributed by atoms with Crippen molar-refractivity contribution < 1.29 is 9.59 Å². The molecule has 0 radical (unpaired) electrons. The van der Waals surface area contributed by atoms with Gasteiger partial charge in [-0.2, -0.15) is 0 Å². The van der Waals surface area contributed by atoms with E-state index >= 15 is 0 Å². The van der Waals surface area contributed by atoms with Crippen LogP contribution in [0.5, 0.6) is 0 Å². The predicted octanol–water partition coefficient (Wildman–Crippen LogP) is 3.58. The number of amides is 2. The van der Waals surface area contributed by atoms with E-state index in [2.05, 4.69) is 19.6 Å². The van der Waals surface area contributed by atoms with Gasteiger partial charge in [0.25, 0.3) is 11.8 Å². The first-order valence-corrected chi connectivity index (χ1v) is 14.8. The fourth-order valence-corrected chi connectivity index (χ4v) is 9.11. The van der Waals surface area contributed by atoms with Gasteiger partial charge in [-0.3, -0.25) is 19.4 Å². The van der Waals surface area contributed by atoms with Crippen LogP contribution < -0.4 is 0 Å². The predicted molar refractivity (Wildman–Crippen MR) is 140 cm³/mol. The minimum Gasteiger partial charge on any atom is -0.338 e. The van der Waals surface area contributed by atoms with Gasteiger partial charge in [-0.1, -0.05) is 0 Å². The molecule has 2 aliphatic carbocycles. The van der Waals surface area contributed by atoms with Crippen molar-refractivity contribution in [2.24, 2.45) is 23.7 Å². The number of rotatable bonds is 4. The Morgan fingerprint density at radius 3 is 1.14 bits per heavy atom. The zero-order chi connectivity index (χ0) is 24.2. The maximum atomic E-state index is 13.4. The summed E-state index contributed by atoms with van der Waals surface area (Å²) in [6.45, 7) is 8.57. The van der Waals surface area contributed by atoms with Gasteiger partial charge in [-0.05, 0) is 125 Å². The van der Waals surface area contributed by atoms with Crippen molar-refractivity contribution in [2.45, 2.75) is 63.5 Å². The van der Waals surface area contributed by atoms with Crippen molar-refractivity contribution in [3.63, 3.8) is 0 Å². The molecule has 0 N–H and O–H groups in total. The Kier molecular flexibility index (Phi) is 6.08. The third-order valence-corrected chi connectivity index (χ3v) is 10.6. The highest BCUT2D eigenvalue weighted by Gasteiger charge is 2.47. The molecule has 6 nitrogen and oxygen atoms in total. The highest BCUT2D eigenvalue weighted by Crippen LogP contribution is 2.43. The molecule has 2 saturated carbocycles. The third-order valence-electron chi connectivity index (χ3n) is 10.6. The Labute approximate surface area is 216 Å². The second-order valence-electron chi connectivity index (χ2n) is 12.7. The number of piperidine rings is 2. The van der Waals surface area contributed by atoms with Gasteiger partial charge >= 0.3 is 0 Å². The molecule has 1 aromatic rings. The van der Waals surface area contributed by atoms with E-state index in [1.165, 1.54) is 77.5 Å². The Hall–Kier alpha value is -1.92. The van der Waals surface area contributed by atoms with Gasteiger partial charge in [0, 0.05) is 49.4 Å². The monoisotopic (exact) mass is 490 g/mol. The Morgan fingerprint density at radius 1 is 0.528 bits per heavy atom. The van der Waals surface area contributed by atoms with Crippen LogP contribution in [0.3, 0.4) is 0 Å². The molecule has 1 aromatic carbocycles. The molecule has 2 amide bonds. The summed E-state index contributed by atoms with van der Waals surface area (Å²) in [4.78, 5) is 36.4. The van der Waals surface area contributed by atoms with Crippen LogP contribution in [-0.2, 0) is 0 Å². The van der Waals surface area contributed by atoms with Crippen molar-refractivity contribution in [1.82, 2.24) is 19.6 Å². The third kappa shape index (κ3) is 3.99. The quantitative estimate of drug-likeness (QED) is 0.647. The first kappa shape index (κ1) is 23.2. The second kappa shape index (κ2) is 9.43. The Balaban J connectivity index is 0.986. The summed E-state index contributed by atoms with van der Waals surface area (Å²) in [5, 5.41) is 0. The summed E-state index contributed by atoms with van der Waals surface area (Å²) in [7, 11) is 0. The molecule has 6 aliphatic rings.